The van der Waals surface area contributed by atoms with Gasteiger partial charge in [-0.25, -0.2) is 0 Å². The monoisotopic (exact) mass is 199 g/mol. The molecular weight excluding hydrogens is 196 g/mol. The molecule has 0 aromatic heterocycles. The molecule has 0 bridgehead atoms. The van der Waals surface area contributed by atoms with Crippen LogP contribution in [-0.4, -0.2) is 11.1 Å². The number of hydrogen-bond acceptors (Lipinski definition) is 1. The summed E-state index contributed by atoms with van der Waals surface area (Å²) in [7, 11) is 0. The maximum Gasteiger partial charge on any atom is 0.303 e. The quantitative estimate of drug-likeness (QED) is 0.591. The van der Waals surface area contributed by atoms with Gasteiger partial charge in [0.1, 0.15) is 0 Å². The second-order valence-corrected chi connectivity index (χ2v) is 0.394. The Bertz CT molecular complexity index is 30.6. The van der Waals surface area contributed by atoms with E-state index in [4.69, 9.17) is 9.90 Å². The van der Waals surface area contributed by atoms with Crippen molar-refractivity contribution in [3.05, 3.63) is 6.92 Å². The van der Waals surface area contributed by atoms with Gasteiger partial charge in [0, 0.05) is 41.7 Å². The molecule has 5 heavy (non-hydrogen) atoms. The predicted octanol–water partition coefficient (Wildman–Crippen LogP) is -0.0949. The standard InChI is InChI=1S/C2H3O2.Ce/c1-2(3)4;/h1H2,(H,3,4);. The van der Waals surface area contributed by atoms with Crippen LogP contribution in [0.3, 0.4) is 0 Å². The van der Waals surface area contributed by atoms with Gasteiger partial charge >= 0.3 is 5.97 Å². The third kappa shape index (κ3) is 54.8. The first-order chi connectivity index (χ1) is 1.73. The maximum atomic E-state index is 8.89. The molecule has 0 aromatic rings. The molecule has 0 saturated heterocycles. The molecule has 1 radical (unpaired) electrons. The minimum atomic E-state index is -1.08. The fraction of sp³-hybridized carbons (Fsp3) is 0. The third-order valence-corrected chi connectivity index (χ3v) is 0. The summed E-state index contributed by atoms with van der Waals surface area (Å²) in [4.78, 5) is 8.89. The average Bonchev–Trinajstić information content (AvgIpc) is 0.811. The summed E-state index contributed by atoms with van der Waals surface area (Å²) in [6.07, 6.45) is 0. The molecule has 0 aliphatic carbocycles. The number of hydrogen-bond donors (Lipinski definition) is 1. The summed E-state index contributed by atoms with van der Waals surface area (Å²) in [5.74, 6) is -1.08. The van der Waals surface area contributed by atoms with Crippen molar-refractivity contribution in [3.63, 3.8) is 0 Å². The third-order valence-electron chi connectivity index (χ3n) is 0. The summed E-state index contributed by atoms with van der Waals surface area (Å²) < 4.78 is 0. The Labute approximate surface area is 63.9 Å². The average molecular weight is 199 g/mol. The van der Waals surface area contributed by atoms with Crippen LogP contribution < -0.4 is 0 Å². The fourth-order valence-corrected chi connectivity index (χ4v) is 0. The van der Waals surface area contributed by atoms with Crippen LogP contribution in [0.2, 0.25) is 0 Å². The molecule has 1 N–H and O–H groups in total. The second kappa shape index (κ2) is 4.85. The van der Waals surface area contributed by atoms with E-state index in [1.807, 2.05) is 0 Å². The number of aliphatic carboxylic acids is 1. The minimum absolute atomic E-state index is 0. The topological polar surface area (TPSA) is 37.3 Å². The van der Waals surface area contributed by atoms with E-state index in [0.717, 1.165) is 0 Å². The van der Waals surface area contributed by atoms with Crippen molar-refractivity contribution in [1.82, 2.24) is 0 Å². The van der Waals surface area contributed by atoms with E-state index in [9.17, 15) is 0 Å². The molecule has 27 valence electrons. The van der Waals surface area contributed by atoms with Crippen LogP contribution in [0.25, 0.3) is 0 Å². The van der Waals surface area contributed by atoms with E-state index in [1.165, 1.54) is 0 Å². The van der Waals surface area contributed by atoms with Crippen LogP contribution in [0, 0.1) is 48.7 Å². The number of carboxylic acid groups (broad SMARTS) is 1. The van der Waals surface area contributed by atoms with E-state index < -0.39 is 5.97 Å². The van der Waals surface area contributed by atoms with Gasteiger partial charge in [-0.15, -0.1) is 0 Å². The molecule has 0 aromatic carbocycles. The van der Waals surface area contributed by atoms with Crippen molar-refractivity contribution in [3.8, 4) is 0 Å². The first-order valence-corrected chi connectivity index (χ1v) is 0.781. The SMILES string of the molecule is [CH2]C(=O)O.[Ce]. The Morgan fingerprint density at radius 3 is 1.80 bits per heavy atom. The van der Waals surface area contributed by atoms with Crippen molar-refractivity contribution in [2.75, 3.05) is 0 Å². The predicted molar refractivity (Wildman–Crippen MR) is 13.0 cm³/mol. The number of carbonyl (C=O) groups is 1. The second-order valence-electron chi connectivity index (χ2n) is 0.394. The number of rotatable bonds is 0. The normalized spacial score (nSPS) is 5.00. The molecule has 0 saturated carbocycles. The van der Waals surface area contributed by atoms with Crippen LogP contribution in [0.1, 0.15) is 0 Å². The maximum absolute atomic E-state index is 8.89. The molecular formula is C2H3CeO2. The number of carboxylic acids is 1. The Kier molecular flexibility index (Phi) is 9.00. The fourth-order valence-electron chi connectivity index (χ4n) is 0. The molecule has 0 unspecified atom stereocenters. The van der Waals surface area contributed by atoms with Crippen molar-refractivity contribution in [2.45, 2.75) is 0 Å². The molecule has 0 aliphatic rings. The van der Waals surface area contributed by atoms with Gasteiger partial charge in [-0.3, -0.25) is 4.79 Å². The van der Waals surface area contributed by atoms with Gasteiger partial charge in [0.15, 0.2) is 0 Å². The van der Waals surface area contributed by atoms with Crippen LogP contribution in [-0.2, 0) is 4.79 Å². The molecule has 0 fully saturated rings. The Morgan fingerprint density at radius 1 is 1.80 bits per heavy atom. The van der Waals surface area contributed by atoms with Gasteiger partial charge in [-0.2, -0.15) is 0 Å². The molecule has 3 heteroatoms. The van der Waals surface area contributed by atoms with E-state index >= 15 is 0 Å². The van der Waals surface area contributed by atoms with Gasteiger partial charge in [0.25, 0.3) is 0 Å². The molecule has 0 heterocycles. The van der Waals surface area contributed by atoms with Crippen molar-refractivity contribution in [2.24, 2.45) is 0 Å². The van der Waals surface area contributed by atoms with E-state index in [1.54, 1.807) is 0 Å². The van der Waals surface area contributed by atoms with Gasteiger partial charge < -0.3 is 5.11 Å². The summed E-state index contributed by atoms with van der Waals surface area (Å²) in [6.45, 7) is 2.56. The van der Waals surface area contributed by atoms with Crippen molar-refractivity contribution >= 4 is 5.97 Å². The summed E-state index contributed by atoms with van der Waals surface area (Å²) >= 11 is 0. The molecule has 0 amide bonds. The Hall–Kier alpha value is 0.847. The molecule has 0 aliphatic heterocycles. The zero-order valence-electron chi connectivity index (χ0n) is 2.56. The Morgan fingerprint density at radius 2 is 1.80 bits per heavy atom. The van der Waals surface area contributed by atoms with Crippen LogP contribution in [0.15, 0.2) is 0 Å². The largest absolute Gasteiger partial charge is 0.481 e. The van der Waals surface area contributed by atoms with Crippen LogP contribution in [0.4, 0.5) is 0 Å². The van der Waals surface area contributed by atoms with E-state index in [2.05, 4.69) is 6.92 Å². The van der Waals surface area contributed by atoms with Crippen LogP contribution in [0.5, 0.6) is 0 Å². The van der Waals surface area contributed by atoms with Gasteiger partial charge in [-0.05, 0) is 0 Å². The van der Waals surface area contributed by atoms with Gasteiger partial charge in [-0.1, -0.05) is 0 Å². The molecule has 0 atom stereocenters. The van der Waals surface area contributed by atoms with Crippen LogP contribution >= 0.6 is 0 Å². The molecule has 2 nitrogen and oxygen atoms in total. The first-order valence-electron chi connectivity index (χ1n) is 0.781. The van der Waals surface area contributed by atoms with E-state index in [0.29, 0.717) is 0 Å². The van der Waals surface area contributed by atoms with E-state index in [-0.39, 0.29) is 41.7 Å². The summed E-state index contributed by atoms with van der Waals surface area (Å²) in [5, 5.41) is 7.31. The van der Waals surface area contributed by atoms with Crippen molar-refractivity contribution in [1.29, 1.82) is 0 Å². The smallest absolute Gasteiger partial charge is 0.303 e. The summed E-state index contributed by atoms with van der Waals surface area (Å²) in [6, 6.07) is 0. The molecule has 0 rings (SSSR count). The Balaban J connectivity index is 0. The van der Waals surface area contributed by atoms with Crippen molar-refractivity contribution < 1.29 is 51.6 Å². The zero-order valence-corrected chi connectivity index (χ0v) is 5.70. The molecule has 0 spiro atoms. The first kappa shape index (κ1) is 9.28. The van der Waals surface area contributed by atoms with Gasteiger partial charge in [0.2, 0.25) is 0 Å². The minimum Gasteiger partial charge on any atom is -0.481 e. The zero-order chi connectivity index (χ0) is 3.58. The van der Waals surface area contributed by atoms with Gasteiger partial charge in [0.05, 0.1) is 6.92 Å². The summed E-state index contributed by atoms with van der Waals surface area (Å²) in [5.41, 5.74) is 0.